The highest BCUT2D eigenvalue weighted by molar-refractivity contribution is 6.01. The van der Waals surface area contributed by atoms with Crippen molar-refractivity contribution in [3.05, 3.63) is 66.0 Å². The number of halogens is 1. The summed E-state index contributed by atoms with van der Waals surface area (Å²) in [6.07, 6.45) is 1.34. The Hall–Kier alpha value is -2.69. The lowest BCUT2D eigenvalue weighted by molar-refractivity contribution is -0.119. The van der Waals surface area contributed by atoms with E-state index in [9.17, 15) is 14.0 Å². The minimum atomic E-state index is -0.567. The standard InChI is InChI=1S/C18H17FN2O2/c19-14-9-4-5-10-15(14)20-17(22)16-11-6-12-21(16)18(23)13-7-2-1-3-8-13/h1-5,7-10,16H,6,11-12H2,(H,20,22). The lowest BCUT2D eigenvalue weighted by Crippen LogP contribution is -2.43. The third-order valence-electron chi connectivity index (χ3n) is 3.97. The Morgan fingerprint density at radius 1 is 1.04 bits per heavy atom. The molecule has 1 atom stereocenters. The lowest BCUT2D eigenvalue weighted by Gasteiger charge is -2.24. The summed E-state index contributed by atoms with van der Waals surface area (Å²) in [5.41, 5.74) is 0.689. The molecule has 3 rings (SSSR count). The van der Waals surface area contributed by atoms with Crippen molar-refractivity contribution < 1.29 is 14.0 Å². The van der Waals surface area contributed by atoms with Gasteiger partial charge in [-0.3, -0.25) is 9.59 Å². The van der Waals surface area contributed by atoms with Gasteiger partial charge >= 0.3 is 0 Å². The van der Waals surface area contributed by atoms with Gasteiger partial charge in [-0.2, -0.15) is 0 Å². The van der Waals surface area contributed by atoms with Crippen LogP contribution in [-0.2, 0) is 4.79 Å². The third-order valence-corrected chi connectivity index (χ3v) is 3.97. The summed E-state index contributed by atoms with van der Waals surface area (Å²) < 4.78 is 13.7. The minimum absolute atomic E-state index is 0.136. The Balaban J connectivity index is 1.75. The van der Waals surface area contributed by atoms with Gasteiger partial charge in [0, 0.05) is 12.1 Å². The molecule has 2 aromatic carbocycles. The highest BCUT2D eigenvalue weighted by Gasteiger charge is 2.34. The summed E-state index contributed by atoms with van der Waals surface area (Å²) in [5, 5.41) is 2.58. The molecule has 0 radical (unpaired) electrons. The molecule has 0 bridgehead atoms. The molecule has 1 heterocycles. The van der Waals surface area contributed by atoms with E-state index < -0.39 is 11.9 Å². The van der Waals surface area contributed by atoms with E-state index in [4.69, 9.17) is 0 Å². The number of nitrogens with one attached hydrogen (secondary N) is 1. The van der Waals surface area contributed by atoms with Crippen LogP contribution in [0.15, 0.2) is 54.6 Å². The van der Waals surface area contributed by atoms with Crippen molar-refractivity contribution in [2.45, 2.75) is 18.9 Å². The van der Waals surface area contributed by atoms with E-state index in [1.165, 1.54) is 12.1 Å². The summed E-state index contributed by atoms with van der Waals surface area (Å²) in [6.45, 7) is 0.531. The Labute approximate surface area is 133 Å². The minimum Gasteiger partial charge on any atom is -0.327 e. The molecule has 1 aliphatic rings. The van der Waals surface area contributed by atoms with Gasteiger partial charge in [-0.05, 0) is 37.1 Å². The Morgan fingerprint density at radius 2 is 1.74 bits per heavy atom. The number of para-hydroxylation sites is 1. The van der Waals surface area contributed by atoms with Gasteiger partial charge in [0.1, 0.15) is 11.9 Å². The van der Waals surface area contributed by atoms with E-state index in [0.29, 0.717) is 18.5 Å². The van der Waals surface area contributed by atoms with Crippen molar-refractivity contribution in [3.63, 3.8) is 0 Å². The van der Waals surface area contributed by atoms with Crippen molar-refractivity contribution in [2.75, 3.05) is 11.9 Å². The van der Waals surface area contributed by atoms with Gasteiger partial charge in [0.2, 0.25) is 5.91 Å². The number of anilines is 1. The number of nitrogens with zero attached hydrogens (tertiary/aromatic N) is 1. The van der Waals surface area contributed by atoms with Gasteiger partial charge < -0.3 is 10.2 Å². The molecule has 118 valence electrons. The number of amides is 2. The predicted octanol–water partition coefficient (Wildman–Crippen LogP) is 3.07. The van der Waals surface area contributed by atoms with E-state index in [1.807, 2.05) is 6.07 Å². The molecule has 1 aliphatic heterocycles. The van der Waals surface area contributed by atoms with Gasteiger partial charge in [-0.1, -0.05) is 30.3 Å². The molecular formula is C18H17FN2O2. The molecule has 1 unspecified atom stereocenters. The average molecular weight is 312 g/mol. The normalized spacial score (nSPS) is 17.1. The first-order valence-electron chi connectivity index (χ1n) is 7.58. The maximum absolute atomic E-state index is 13.7. The summed E-state index contributed by atoms with van der Waals surface area (Å²) in [7, 11) is 0. The maximum atomic E-state index is 13.7. The topological polar surface area (TPSA) is 49.4 Å². The van der Waals surface area contributed by atoms with Gasteiger partial charge in [0.05, 0.1) is 5.69 Å². The molecule has 23 heavy (non-hydrogen) atoms. The monoisotopic (exact) mass is 312 g/mol. The van der Waals surface area contributed by atoms with Gasteiger partial charge in [-0.25, -0.2) is 4.39 Å². The largest absolute Gasteiger partial charge is 0.327 e. The van der Waals surface area contributed by atoms with Crippen LogP contribution in [0.3, 0.4) is 0 Å². The van der Waals surface area contributed by atoms with E-state index in [2.05, 4.69) is 5.32 Å². The van der Waals surface area contributed by atoms with Crippen LogP contribution in [0, 0.1) is 5.82 Å². The summed E-state index contributed by atoms with van der Waals surface area (Å²) in [4.78, 5) is 26.6. The first-order chi connectivity index (χ1) is 11.2. The van der Waals surface area contributed by atoms with Crippen molar-refractivity contribution >= 4 is 17.5 Å². The number of benzene rings is 2. The van der Waals surface area contributed by atoms with Crippen LogP contribution in [0.25, 0.3) is 0 Å². The number of rotatable bonds is 3. The zero-order valence-electron chi connectivity index (χ0n) is 12.5. The smallest absolute Gasteiger partial charge is 0.254 e. The number of likely N-dealkylation sites (tertiary alicyclic amines) is 1. The molecule has 1 fully saturated rings. The van der Waals surface area contributed by atoms with Crippen molar-refractivity contribution in [1.29, 1.82) is 0 Å². The molecule has 1 N–H and O–H groups in total. The molecule has 2 amide bonds. The summed E-state index contributed by atoms with van der Waals surface area (Å²) in [6, 6.07) is 14.3. The first-order valence-corrected chi connectivity index (χ1v) is 7.58. The molecule has 0 aliphatic carbocycles. The van der Waals surface area contributed by atoms with E-state index in [0.717, 1.165) is 6.42 Å². The zero-order chi connectivity index (χ0) is 16.2. The van der Waals surface area contributed by atoms with Crippen LogP contribution < -0.4 is 5.32 Å². The van der Waals surface area contributed by atoms with Crippen molar-refractivity contribution in [2.24, 2.45) is 0 Å². The highest BCUT2D eigenvalue weighted by Crippen LogP contribution is 2.22. The molecule has 5 heteroatoms. The van der Waals surface area contributed by atoms with Crippen molar-refractivity contribution in [1.82, 2.24) is 4.90 Å². The highest BCUT2D eigenvalue weighted by atomic mass is 19.1. The Morgan fingerprint density at radius 3 is 2.48 bits per heavy atom. The zero-order valence-corrected chi connectivity index (χ0v) is 12.5. The molecule has 1 saturated heterocycles. The van der Waals surface area contributed by atoms with Gasteiger partial charge in [-0.15, -0.1) is 0 Å². The van der Waals surface area contributed by atoms with Crippen LogP contribution in [0.2, 0.25) is 0 Å². The van der Waals surface area contributed by atoms with Crippen LogP contribution in [-0.4, -0.2) is 29.3 Å². The maximum Gasteiger partial charge on any atom is 0.254 e. The van der Waals surface area contributed by atoms with Gasteiger partial charge in [0.15, 0.2) is 0 Å². The Kier molecular flexibility index (Phi) is 4.37. The third kappa shape index (κ3) is 3.23. The predicted molar refractivity (Wildman–Crippen MR) is 85.5 cm³/mol. The lowest BCUT2D eigenvalue weighted by atomic mass is 10.1. The number of carbonyl (C=O) groups is 2. The second-order valence-electron chi connectivity index (χ2n) is 5.49. The number of hydrogen-bond donors (Lipinski definition) is 1. The van der Waals surface area contributed by atoms with Crippen molar-refractivity contribution in [3.8, 4) is 0 Å². The molecular weight excluding hydrogens is 295 g/mol. The van der Waals surface area contributed by atoms with E-state index in [-0.39, 0.29) is 17.5 Å². The summed E-state index contributed by atoms with van der Waals surface area (Å²) >= 11 is 0. The fourth-order valence-corrected chi connectivity index (χ4v) is 2.81. The molecule has 2 aromatic rings. The van der Waals surface area contributed by atoms with Crippen LogP contribution in [0.5, 0.6) is 0 Å². The Bertz CT molecular complexity index is 718. The van der Waals surface area contributed by atoms with Gasteiger partial charge in [0.25, 0.3) is 5.91 Å². The van der Waals surface area contributed by atoms with Crippen LogP contribution in [0.4, 0.5) is 10.1 Å². The SMILES string of the molecule is O=C(Nc1ccccc1F)C1CCCN1C(=O)c1ccccc1. The molecule has 0 saturated carbocycles. The molecule has 0 aromatic heterocycles. The van der Waals surface area contributed by atoms with E-state index in [1.54, 1.807) is 41.3 Å². The summed E-state index contributed by atoms with van der Waals surface area (Å²) in [5.74, 6) is -1.01. The second-order valence-corrected chi connectivity index (χ2v) is 5.49. The van der Waals surface area contributed by atoms with Crippen LogP contribution in [0.1, 0.15) is 23.2 Å². The fourth-order valence-electron chi connectivity index (χ4n) is 2.81. The first kappa shape index (κ1) is 15.2. The average Bonchev–Trinajstić information content (AvgIpc) is 3.07. The quantitative estimate of drug-likeness (QED) is 0.947. The van der Waals surface area contributed by atoms with Crippen LogP contribution >= 0.6 is 0 Å². The molecule has 4 nitrogen and oxygen atoms in total. The molecule has 0 spiro atoms. The second kappa shape index (κ2) is 6.60. The number of carbonyl (C=O) groups excluding carboxylic acids is 2. The van der Waals surface area contributed by atoms with E-state index >= 15 is 0 Å². The fraction of sp³-hybridized carbons (Fsp3) is 0.222. The number of hydrogen-bond acceptors (Lipinski definition) is 2.